The number of nitrogens with zero attached hydrogens (tertiary/aromatic N) is 2. The van der Waals surface area contributed by atoms with Crippen molar-refractivity contribution in [2.45, 2.75) is 43.8 Å². The summed E-state index contributed by atoms with van der Waals surface area (Å²) < 4.78 is 10.2. The van der Waals surface area contributed by atoms with E-state index in [2.05, 4.69) is 15.1 Å². The number of fused-ring (bicyclic) bond motifs is 1. The van der Waals surface area contributed by atoms with Crippen molar-refractivity contribution in [2.75, 3.05) is 19.8 Å². The molecule has 0 unspecified atom stereocenters. The number of aliphatic carboxylic acids is 1. The highest BCUT2D eigenvalue weighted by molar-refractivity contribution is 5.85. The first-order valence-corrected chi connectivity index (χ1v) is 7.12. The van der Waals surface area contributed by atoms with Gasteiger partial charge in [0.05, 0.1) is 19.0 Å². The number of hydrogen-bond acceptors (Lipinski definition) is 9. The van der Waals surface area contributed by atoms with E-state index in [0.29, 0.717) is 13.0 Å². The SMILES string of the molecule is CC1=N[C@H](C(=O)O)CCN1.O=[N+]([O-])O[C@@H]1CO[C@H]2[C@@H]1OC[C@@H]2O. The number of carboxylic acid groups (broad SMARTS) is 1. The molecule has 0 bridgehead atoms. The molecular weight excluding hydrogens is 314 g/mol. The van der Waals surface area contributed by atoms with E-state index in [4.69, 9.17) is 14.6 Å². The van der Waals surface area contributed by atoms with Crippen LogP contribution in [0.5, 0.6) is 0 Å². The second kappa shape index (κ2) is 7.53. The lowest BCUT2D eigenvalue weighted by atomic mass is 10.1. The van der Waals surface area contributed by atoms with Crippen LogP contribution >= 0.6 is 0 Å². The number of amidine groups is 1. The van der Waals surface area contributed by atoms with Gasteiger partial charge in [-0.15, -0.1) is 10.1 Å². The topological polar surface area (TPSA) is 153 Å². The van der Waals surface area contributed by atoms with Gasteiger partial charge in [-0.05, 0) is 13.3 Å². The number of aliphatic imine (C=N–C) groups is 1. The van der Waals surface area contributed by atoms with Crippen molar-refractivity contribution >= 4 is 11.8 Å². The summed E-state index contributed by atoms with van der Waals surface area (Å²) in [5, 5.41) is 29.9. The van der Waals surface area contributed by atoms with Crippen LogP contribution in [0.15, 0.2) is 4.99 Å². The summed E-state index contributed by atoms with van der Waals surface area (Å²) in [6.45, 7) is 2.72. The molecule has 11 nitrogen and oxygen atoms in total. The molecule has 3 aliphatic heterocycles. The molecule has 2 saturated heterocycles. The zero-order chi connectivity index (χ0) is 17.0. The van der Waals surface area contributed by atoms with Gasteiger partial charge in [-0.1, -0.05) is 0 Å². The van der Waals surface area contributed by atoms with Crippen LogP contribution in [-0.2, 0) is 19.1 Å². The minimum absolute atomic E-state index is 0.0906. The molecule has 130 valence electrons. The lowest BCUT2D eigenvalue weighted by Gasteiger charge is -2.16. The van der Waals surface area contributed by atoms with Crippen LogP contribution in [0.1, 0.15) is 13.3 Å². The Morgan fingerprint density at radius 3 is 2.70 bits per heavy atom. The van der Waals surface area contributed by atoms with E-state index in [1.807, 2.05) is 0 Å². The van der Waals surface area contributed by atoms with Gasteiger partial charge in [0.25, 0.3) is 5.09 Å². The van der Waals surface area contributed by atoms with E-state index in [1.165, 1.54) is 0 Å². The number of aliphatic hydroxyl groups excluding tert-OH is 1. The minimum atomic E-state index is -0.871. The summed E-state index contributed by atoms with van der Waals surface area (Å²) in [7, 11) is 0. The molecule has 2 fully saturated rings. The summed E-state index contributed by atoms with van der Waals surface area (Å²) in [4.78, 5) is 28.6. The molecule has 0 amide bonds. The normalized spacial score (nSPS) is 35.2. The molecule has 3 rings (SSSR count). The molecule has 0 aromatic rings. The van der Waals surface area contributed by atoms with E-state index >= 15 is 0 Å². The van der Waals surface area contributed by atoms with Crippen molar-refractivity contribution < 1.29 is 34.4 Å². The fourth-order valence-electron chi connectivity index (χ4n) is 2.56. The fourth-order valence-corrected chi connectivity index (χ4v) is 2.56. The third kappa shape index (κ3) is 4.50. The lowest BCUT2D eigenvalue weighted by molar-refractivity contribution is -0.769. The van der Waals surface area contributed by atoms with Crippen molar-refractivity contribution in [3.05, 3.63) is 10.1 Å². The van der Waals surface area contributed by atoms with Gasteiger partial charge in [0.1, 0.15) is 18.3 Å². The Kier molecular flexibility index (Phi) is 5.69. The molecular formula is C12H19N3O8. The molecule has 5 atom stereocenters. The van der Waals surface area contributed by atoms with Crippen LogP contribution in [0.25, 0.3) is 0 Å². The smallest absolute Gasteiger partial charge is 0.328 e. The molecule has 0 saturated carbocycles. The lowest BCUT2D eigenvalue weighted by Crippen LogP contribution is -2.35. The summed E-state index contributed by atoms with van der Waals surface area (Å²) in [6.07, 6.45) is -1.82. The number of ether oxygens (including phenoxy) is 2. The van der Waals surface area contributed by atoms with E-state index in [1.54, 1.807) is 6.92 Å². The molecule has 3 heterocycles. The zero-order valence-electron chi connectivity index (χ0n) is 12.5. The van der Waals surface area contributed by atoms with Gasteiger partial charge in [-0.3, -0.25) is 4.99 Å². The predicted octanol–water partition coefficient (Wildman–Crippen LogP) is -1.43. The van der Waals surface area contributed by atoms with Crippen LogP contribution in [0, 0.1) is 10.1 Å². The monoisotopic (exact) mass is 333 g/mol. The fraction of sp³-hybridized carbons (Fsp3) is 0.833. The second-order valence-corrected chi connectivity index (χ2v) is 5.31. The molecule has 0 aromatic heterocycles. The third-order valence-electron chi connectivity index (χ3n) is 3.64. The standard InChI is InChI=1S/C6H10N2O2.C6H9NO6/c1-4-7-3-2-5(8-4)6(9)10;8-3-1-11-6-4(13-7(9)10)2-12-5(3)6/h5H,2-3H2,1H3,(H,7,8)(H,9,10);3-6,8H,1-2H2/t5-;3-,4+,5+,6+/m00/s1. The summed E-state index contributed by atoms with van der Waals surface area (Å²) in [5.41, 5.74) is 0. The molecule has 11 heteroatoms. The van der Waals surface area contributed by atoms with Crippen LogP contribution in [0.4, 0.5) is 0 Å². The number of carbonyl (C=O) groups is 1. The molecule has 0 aromatic carbocycles. The number of hydrogen-bond donors (Lipinski definition) is 3. The number of aliphatic hydroxyl groups is 1. The number of nitrogens with one attached hydrogen (secondary N) is 1. The largest absolute Gasteiger partial charge is 0.480 e. The molecule has 0 radical (unpaired) electrons. The first-order valence-electron chi connectivity index (χ1n) is 7.12. The first kappa shape index (κ1) is 17.4. The third-order valence-corrected chi connectivity index (χ3v) is 3.64. The maximum Gasteiger partial charge on any atom is 0.328 e. The quantitative estimate of drug-likeness (QED) is 0.417. The Balaban J connectivity index is 0.000000174. The highest BCUT2D eigenvalue weighted by Crippen LogP contribution is 2.28. The van der Waals surface area contributed by atoms with Gasteiger partial charge in [0, 0.05) is 6.54 Å². The van der Waals surface area contributed by atoms with Crippen LogP contribution < -0.4 is 5.32 Å². The van der Waals surface area contributed by atoms with Gasteiger partial charge in [-0.25, -0.2) is 4.79 Å². The van der Waals surface area contributed by atoms with E-state index < -0.39 is 41.5 Å². The van der Waals surface area contributed by atoms with Crippen LogP contribution in [0.2, 0.25) is 0 Å². The van der Waals surface area contributed by atoms with Gasteiger partial charge in [-0.2, -0.15) is 0 Å². The molecule has 0 aliphatic carbocycles. The van der Waals surface area contributed by atoms with Gasteiger partial charge in [0.2, 0.25) is 0 Å². The summed E-state index contributed by atoms with van der Waals surface area (Å²) in [6, 6.07) is -0.527. The Morgan fingerprint density at radius 1 is 1.43 bits per heavy atom. The van der Waals surface area contributed by atoms with Crippen molar-refractivity contribution in [2.24, 2.45) is 4.99 Å². The Bertz CT molecular complexity index is 485. The van der Waals surface area contributed by atoms with Crippen LogP contribution in [-0.4, -0.2) is 77.3 Å². The maximum absolute atomic E-state index is 10.4. The van der Waals surface area contributed by atoms with Crippen LogP contribution in [0.3, 0.4) is 0 Å². The highest BCUT2D eigenvalue weighted by atomic mass is 17.0. The molecule has 0 spiro atoms. The van der Waals surface area contributed by atoms with E-state index in [0.717, 1.165) is 5.84 Å². The van der Waals surface area contributed by atoms with Crippen molar-refractivity contribution in [3.8, 4) is 0 Å². The molecule has 3 aliphatic rings. The van der Waals surface area contributed by atoms with Crippen molar-refractivity contribution in [1.82, 2.24) is 5.32 Å². The van der Waals surface area contributed by atoms with Crippen molar-refractivity contribution in [1.29, 1.82) is 0 Å². The Hall–Kier alpha value is -1.98. The Labute approximate surface area is 131 Å². The molecule has 23 heavy (non-hydrogen) atoms. The average Bonchev–Trinajstić information content (AvgIpc) is 3.04. The summed E-state index contributed by atoms with van der Waals surface area (Å²) >= 11 is 0. The number of carboxylic acids is 1. The highest BCUT2D eigenvalue weighted by Gasteiger charge is 2.48. The predicted molar refractivity (Wildman–Crippen MR) is 74.5 cm³/mol. The average molecular weight is 333 g/mol. The maximum atomic E-state index is 10.4. The molecule has 3 N–H and O–H groups in total. The first-order chi connectivity index (χ1) is 10.9. The summed E-state index contributed by atoms with van der Waals surface area (Å²) in [5.74, 6) is -0.112. The Morgan fingerprint density at radius 2 is 2.13 bits per heavy atom. The van der Waals surface area contributed by atoms with Gasteiger partial charge in [0.15, 0.2) is 12.1 Å². The number of rotatable bonds is 3. The van der Waals surface area contributed by atoms with E-state index in [9.17, 15) is 20.0 Å². The van der Waals surface area contributed by atoms with Crippen molar-refractivity contribution in [3.63, 3.8) is 0 Å². The second-order valence-electron chi connectivity index (χ2n) is 5.31. The van der Waals surface area contributed by atoms with Gasteiger partial charge < -0.3 is 29.8 Å². The van der Waals surface area contributed by atoms with Gasteiger partial charge >= 0.3 is 5.97 Å². The van der Waals surface area contributed by atoms with E-state index in [-0.39, 0.29) is 13.2 Å². The minimum Gasteiger partial charge on any atom is -0.480 e. The zero-order valence-corrected chi connectivity index (χ0v) is 12.5.